The van der Waals surface area contributed by atoms with Gasteiger partial charge in [0, 0.05) is 5.02 Å². The van der Waals surface area contributed by atoms with Crippen molar-refractivity contribution in [2.45, 2.75) is 25.7 Å². The van der Waals surface area contributed by atoms with Gasteiger partial charge in [0.15, 0.2) is 0 Å². The molecular formula is C15H20ClN3O. The first-order chi connectivity index (χ1) is 9.74. The summed E-state index contributed by atoms with van der Waals surface area (Å²) < 4.78 is 0. The molecule has 1 aromatic rings. The van der Waals surface area contributed by atoms with E-state index < -0.39 is 0 Å². The predicted octanol–water partition coefficient (Wildman–Crippen LogP) is 2.67. The van der Waals surface area contributed by atoms with Gasteiger partial charge in [-0.3, -0.25) is 9.69 Å². The molecule has 1 aliphatic rings. The number of likely N-dealkylation sites (tertiary alicyclic amines) is 1. The molecule has 1 aliphatic heterocycles. The van der Waals surface area contributed by atoms with Gasteiger partial charge >= 0.3 is 0 Å². The molecule has 0 aliphatic carbocycles. The lowest BCUT2D eigenvalue weighted by atomic mass is 10.2. The average Bonchev–Trinajstić information content (AvgIpc) is 2.70. The first-order valence-electron chi connectivity index (χ1n) is 7.04. The molecule has 108 valence electrons. The van der Waals surface area contributed by atoms with E-state index in [2.05, 4.69) is 15.4 Å². The summed E-state index contributed by atoms with van der Waals surface area (Å²) in [5.41, 5.74) is 3.48. The van der Waals surface area contributed by atoms with Crippen molar-refractivity contribution in [2.24, 2.45) is 5.10 Å². The van der Waals surface area contributed by atoms with Crippen LogP contribution >= 0.6 is 11.6 Å². The summed E-state index contributed by atoms with van der Waals surface area (Å²) >= 11 is 5.80. The Balaban J connectivity index is 1.75. The SMILES string of the molecule is O=C(CN1CCCCCC1)N/N=C/c1ccc(Cl)cc1. The Morgan fingerprint density at radius 1 is 1.20 bits per heavy atom. The predicted molar refractivity (Wildman–Crippen MR) is 82.1 cm³/mol. The molecule has 0 spiro atoms. The van der Waals surface area contributed by atoms with Crippen LogP contribution in [0.25, 0.3) is 0 Å². The number of nitrogens with one attached hydrogen (secondary N) is 1. The molecule has 1 amide bonds. The molecule has 0 aromatic heterocycles. The van der Waals surface area contributed by atoms with Gasteiger partial charge in [0.25, 0.3) is 5.91 Å². The average molecular weight is 294 g/mol. The van der Waals surface area contributed by atoms with Crippen LogP contribution in [-0.4, -0.2) is 36.7 Å². The Labute approximate surface area is 124 Å². The molecular weight excluding hydrogens is 274 g/mol. The third-order valence-corrected chi connectivity index (χ3v) is 3.59. The molecule has 0 radical (unpaired) electrons. The van der Waals surface area contributed by atoms with Crippen LogP contribution in [0.1, 0.15) is 31.2 Å². The molecule has 1 aromatic carbocycles. The normalized spacial score (nSPS) is 17.1. The smallest absolute Gasteiger partial charge is 0.254 e. The van der Waals surface area contributed by atoms with E-state index in [0.717, 1.165) is 18.7 Å². The van der Waals surface area contributed by atoms with Crippen molar-refractivity contribution in [3.63, 3.8) is 0 Å². The van der Waals surface area contributed by atoms with E-state index in [1.807, 2.05) is 12.1 Å². The fraction of sp³-hybridized carbons (Fsp3) is 0.467. The highest BCUT2D eigenvalue weighted by molar-refractivity contribution is 6.30. The maximum absolute atomic E-state index is 11.8. The van der Waals surface area contributed by atoms with Gasteiger partial charge in [-0.2, -0.15) is 5.10 Å². The van der Waals surface area contributed by atoms with E-state index >= 15 is 0 Å². The quantitative estimate of drug-likeness (QED) is 0.685. The number of rotatable bonds is 4. The standard InChI is InChI=1S/C15H20ClN3O/c16-14-7-5-13(6-8-14)11-17-18-15(20)12-19-9-3-1-2-4-10-19/h5-8,11H,1-4,9-10,12H2,(H,18,20)/b17-11+. The monoisotopic (exact) mass is 293 g/mol. The third kappa shape index (κ3) is 5.31. The summed E-state index contributed by atoms with van der Waals surface area (Å²) in [6.07, 6.45) is 6.53. The number of hydrogen-bond donors (Lipinski definition) is 1. The van der Waals surface area contributed by atoms with Gasteiger partial charge in [-0.25, -0.2) is 5.43 Å². The highest BCUT2D eigenvalue weighted by Gasteiger charge is 2.12. The number of halogens is 1. The number of carbonyl (C=O) groups is 1. The zero-order valence-electron chi connectivity index (χ0n) is 11.5. The fourth-order valence-corrected chi connectivity index (χ4v) is 2.39. The molecule has 1 heterocycles. The molecule has 0 bridgehead atoms. The minimum Gasteiger partial charge on any atom is -0.294 e. The number of carbonyl (C=O) groups excluding carboxylic acids is 1. The second kappa shape index (κ2) is 8.02. The molecule has 4 nitrogen and oxygen atoms in total. The summed E-state index contributed by atoms with van der Waals surface area (Å²) in [5.74, 6) is -0.0582. The van der Waals surface area contributed by atoms with E-state index in [0.29, 0.717) is 11.6 Å². The minimum atomic E-state index is -0.0582. The minimum absolute atomic E-state index is 0.0582. The van der Waals surface area contributed by atoms with Crippen LogP contribution in [0.4, 0.5) is 0 Å². The lowest BCUT2D eigenvalue weighted by Gasteiger charge is -2.17. The van der Waals surface area contributed by atoms with Crippen molar-refractivity contribution in [3.8, 4) is 0 Å². The summed E-state index contributed by atoms with van der Waals surface area (Å²) in [6, 6.07) is 7.30. The Morgan fingerprint density at radius 3 is 2.50 bits per heavy atom. The second-order valence-electron chi connectivity index (χ2n) is 5.04. The zero-order valence-corrected chi connectivity index (χ0v) is 12.3. The highest BCUT2D eigenvalue weighted by Crippen LogP contribution is 2.09. The second-order valence-corrected chi connectivity index (χ2v) is 5.47. The number of benzene rings is 1. The number of nitrogens with zero attached hydrogens (tertiary/aromatic N) is 2. The molecule has 1 fully saturated rings. The fourth-order valence-electron chi connectivity index (χ4n) is 2.26. The molecule has 0 saturated carbocycles. The van der Waals surface area contributed by atoms with Crippen molar-refractivity contribution >= 4 is 23.7 Å². The molecule has 0 unspecified atom stereocenters. The number of amides is 1. The first kappa shape index (κ1) is 15.0. The molecule has 0 atom stereocenters. The molecule has 2 rings (SSSR count). The van der Waals surface area contributed by atoms with Crippen molar-refractivity contribution in [1.82, 2.24) is 10.3 Å². The van der Waals surface area contributed by atoms with Crippen LogP contribution in [0.15, 0.2) is 29.4 Å². The maximum Gasteiger partial charge on any atom is 0.254 e. The highest BCUT2D eigenvalue weighted by atomic mass is 35.5. The summed E-state index contributed by atoms with van der Waals surface area (Å²) in [6.45, 7) is 2.45. The van der Waals surface area contributed by atoms with Crippen LogP contribution in [0.3, 0.4) is 0 Å². The Hall–Kier alpha value is -1.39. The largest absolute Gasteiger partial charge is 0.294 e. The Bertz CT molecular complexity index is 451. The molecule has 1 saturated heterocycles. The van der Waals surface area contributed by atoms with Gasteiger partial charge in [-0.1, -0.05) is 36.6 Å². The topological polar surface area (TPSA) is 44.7 Å². The van der Waals surface area contributed by atoms with Crippen LogP contribution in [0.2, 0.25) is 5.02 Å². The lowest BCUT2D eigenvalue weighted by molar-refractivity contribution is -0.122. The molecule has 1 N–H and O–H groups in total. The van der Waals surface area contributed by atoms with Crippen molar-refractivity contribution in [3.05, 3.63) is 34.9 Å². The Morgan fingerprint density at radius 2 is 1.85 bits per heavy atom. The van der Waals surface area contributed by atoms with Gasteiger partial charge in [-0.05, 0) is 43.6 Å². The van der Waals surface area contributed by atoms with Gasteiger partial charge in [0.1, 0.15) is 0 Å². The third-order valence-electron chi connectivity index (χ3n) is 3.34. The van der Waals surface area contributed by atoms with Crippen molar-refractivity contribution in [1.29, 1.82) is 0 Å². The van der Waals surface area contributed by atoms with Crippen LogP contribution in [0.5, 0.6) is 0 Å². The van der Waals surface area contributed by atoms with Gasteiger partial charge in [0.2, 0.25) is 0 Å². The van der Waals surface area contributed by atoms with E-state index in [9.17, 15) is 4.79 Å². The molecule has 20 heavy (non-hydrogen) atoms. The van der Waals surface area contributed by atoms with E-state index in [1.165, 1.54) is 25.7 Å². The van der Waals surface area contributed by atoms with Crippen LogP contribution in [-0.2, 0) is 4.79 Å². The zero-order chi connectivity index (χ0) is 14.2. The first-order valence-corrected chi connectivity index (χ1v) is 7.42. The van der Waals surface area contributed by atoms with Crippen LogP contribution in [0, 0.1) is 0 Å². The van der Waals surface area contributed by atoms with Crippen molar-refractivity contribution in [2.75, 3.05) is 19.6 Å². The molecule has 5 heteroatoms. The van der Waals surface area contributed by atoms with Gasteiger partial charge in [-0.15, -0.1) is 0 Å². The van der Waals surface area contributed by atoms with E-state index in [4.69, 9.17) is 11.6 Å². The van der Waals surface area contributed by atoms with Gasteiger partial charge < -0.3 is 0 Å². The van der Waals surface area contributed by atoms with E-state index in [1.54, 1.807) is 18.3 Å². The summed E-state index contributed by atoms with van der Waals surface area (Å²) in [5, 5.41) is 4.65. The Kier molecular flexibility index (Phi) is 6.02. The van der Waals surface area contributed by atoms with Gasteiger partial charge in [0.05, 0.1) is 12.8 Å². The summed E-state index contributed by atoms with van der Waals surface area (Å²) in [4.78, 5) is 14.0. The number of hydrazone groups is 1. The number of hydrogen-bond acceptors (Lipinski definition) is 3. The summed E-state index contributed by atoms with van der Waals surface area (Å²) in [7, 11) is 0. The maximum atomic E-state index is 11.8. The van der Waals surface area contributed by atoms with E-state index in [-0.39, 0.29) is 5.91 Å². The van der Waals surface area contributed by atoms with Crippen molar-refractivity contribution < 1.29 is 4.79 Å². The lowest BCUT2D eigenvalue weighted by Crippen LogP contribution is -2.35. The van der Waals surface area contributed by atoms with Crippen LogP contribution < -0.4 is 5.43 Å².